The lowest BCUT2D eigenvalue weighted by Crippen LogP contribution is -2.16. The second-order valence-corrected chi connectivity index (χ2v) is 5.15. The molecule has 0 aliphatic rings. The summed E-state index contributed by atoms with van der Waals surface area (Å²) < 4.78 is 0. The van der Waals surface area contributed by atoms with E-state index in [1.807, 2.05) is 30.3 Å². The van der Waals surface area contributed by atoms with Crippen molar-refractivity contribution in [1.82, 2.24) is 5.32 Å². The van der Waals surface area contributed by atoms with Crippen LogP contribution in [0.4, 0.5) is 11.4 Å². The van der Waals surface area contributed by atoms with Crippen molar-refractivity contribution in [2.45, 2.75) is 13.1 Å². The van der Waals surface area contributed by atoms with Crippen LogP contribution in [-0.4, -0.2) is 5.91 Å². The van der Waals surface area contributed by atoms with Gasteiger partial charge in [-0.25, -0.2) is 0 Å². The van der Waals surface area contributed by atoms with Crippen molar-refractivity contribution >= 4 is 17.3 Å². The largest absolute Gasteiger partial charge is 0.399 e. The van der Waals surface area contributed by atoms with E-state index in [9.17, 15) is 4.79 Å². The molecule has 0 atom stereocenters. The Balaban J connectivity index is 1.96. The van der Waals surface area contributed by atoms with Crippen molar-refractivity contribution in [2.24, 2.45) is 5.73 Å². The van der Waals surface area contributed by atoms with Gasteiger partial charge in [-0.15, -0.1) is 0 Å². The molecule has 122 valence electrons. The Morgan fingerprint density at radius 1 is 1.17 bits per heavy atom. The lowest BCUT2D eigenvalue weighted by atomic mass is 10.1. The summed E-state index contributed by atoms with van der Waals surface area (Å²) in [6.45, 7) is 0.964. The zero-order valence-electron chi connectivity index (χ0n) is 13.1. The predicted octanol–water partition coefficient (Wildman–Crippen LogP) is 1.86. The maximum atomic E-state index is 12.1. The molecule has 0 saturated heterocycles. The molecule has 1 amide bonds. The summed E-state index contributed by atoms with van der Waals surface area (Å²) >= 11 is 0. The topological polar surface area (TPSA) is 117 Å². The third-order valence-electron chi connectivity index (χ3n) is 3.31. The fourth-order valence-corrected chi connectivity index (χ4v) is 2.05. The smallest absolute Gasteiger partial charge is 0.267 e. The van der Waals surface area contributed by atoms with Crippen LogP contribution in [0.2, 0.25) is 0 Å². The molecule has 0 saturated carbocycles. The average Bonchev–Trinajstić information content (AvgIpc) is 2.61. The molecular formula is C18H19N5O. The molecule has 0 unspecified atom stereocenters. The van der Waals surface area contributed by atoms with E-state index in [1.165, 1.54) is 6.20 Å². The SMILES string of the molecule is N#C/C(=C/NCc1cccc(CN)c1)C(=O)Nc1ccc(N)cc1. The number of carbonyl (C=O) groups is 1. The summed E-state index contributed by atoms with van der Waals surface area (Å²) in [6, 6.07) is 16.4. The minimum Gasteiger partial charge on any atom is -0.399 e. The van der Waals surface area contributed by atoms with Gasteiger partial charge in [0, 0.05) is 30.7 Å². The third-order valence-corrected chi connectivity index (χ3v) is 3.31. The zero-order valence-corrected chi connectivity index (χ0v) is 13.1. The number of benzene rings is 2. The Bertz CT molecular complexity index is 775. The highest BCUT2D eigenvalue weighted by molar-refractivity contribution is 6.06. The van der Waals surface area contributed by atoms with Gasteiger partial charge in [0.05, 0.1) is 0 Å². The number of amides is 1. The van der Waals surface area contributed by atoms with Gasteiger partial charge in [0.1, 0.15) is 11.6 Å². The maximum Gasteiger partial charge on any atom is 0.267 e. The van der Waals surface area contributed by atoms with Gasteiger partial charge in [-0.1, -0.05) is 24.3 Å². The van der Waals surface area contributed by atoms with Crippen LogP contribution >= 0.6 is 0 Å². The number of hydrogen-bond acceptors (Lipinski definition) is 5. The van der Waals surface area contributed by atoms with E-state index in [4.69, 9.17) is 16.7 Å². The molecule has 6 N–H and O–H groups in total. The first-order valence-corrected chi connectivity index (χ1v) is 7.41. The number of nitriles is 1. The molecular weight excluding hydrogens is 302 g/mol. The summed E-state index contributed by atoms with van der Waals surface area (Å²) in [5, 5.41) is 14.8. The van der Waals surface area contributed by atoms with Gasteiger partial charge in [0.15, 0.2) is 0 Å². The fraction of sp³-hybridized carbons (Fsp3) is 0.111. The maximum absolute atomic E-state index is 12.1. The summed E-state index contributed by atoms with van der Waals surface area (Å²) in [5.41, 5.74) is 14.4. The molecule has 24 heavy (non-hydrogen) atoms. The average molecular weight is 321 g/mol. The van der Waals surface area contributed by atoms with Crippen molar-refractivity contribution < 1.29 is 4.79 Å². The van der Waals surface area contributed by atoms with Crippen LogP contribution in [-0.2, 0) is 17.9 Å². The van der Waals surface area contributed by atoms with E-state index < -0.39 is 5.91 Å². The number of nitrogens with one attached hydrogen (secondary N) is 2. The number of carbonyl (C=O) groups excluding carboxylic acids is 1. The van der Waals surface area contributed by atoms with Crippen LogP contribution < -0.4 is 22.1 Å². The lowest BCUT2D eigenvalue weighted by molar-refractivity contribution is -0.112. The summed E-state index contributed by atoms with van der Waals surface area (Å²) in [6.07, 6.45) is 1.40. The number of rotatable bonds is 6. The molecule has 6 nitrogen and oxygen atoms in total. The molecule has 2 rings (SSSR count). The Morgan fingerprint density at radius 2 is 1.88 bits per heavy atom. The first-order chi connectivity index (χ1) is 11.6. The molecule has 2 aromatic rings. The third kappa shape index (κ3) is 4.87. The molecule has 0 aromatic heterocycles. The highest BCUT2D eigenvalue weighted by atomic mass is 16.1. The van der Waals surface area contributed by atoms with Crippen LogP contribution in [0.1, 0.15) is 11.1 Å². The van der Waals surface area contributed by atoms with Gasteiger partial charge in [-0.3, -0.25) is 4.79 Å². The molecule has 0 bridgehead atoms. The van der Waals surface area contributed by atoms with E-state index in [2.05, 4.69) is 10.6 Å². The Morgan fingerprint density at radius 3 is 2.54 bits per heavy atom. The molecule has 2 aromatic carbocycles. The van der Waals surface area contributed by atoms with Gasteiger partial charge < -0.3 is 22.1 Å². The molecule has 0 aliphatic heterocycles. The first-order valence-electron chi connectivity index (χ1n) is 7.41. The molecule has 0 fully saturated rings. The summed E-state index contributed by atoms with van der Waals surface area (Å²) in [5.74, 6) is -0.481. The normalized spacial score (nSPS) is 10.8. The van der Waals surface area contributed by atoms with Crippen LogP contribution in [0.15, 0.2) is 60.3 Å². The van der Waals surface area contributed by atoms with Gasteiger partial charge in [0.25, 0.3) is 5.91 Å². The first kappa shape index (κ1) is 17.1. The van der Waals surface area contributed by atoms with Gasteiger partial charge in [0.2, 0.25) is 0 Å². The number of hydrogen-bond donors (Lipinski definition) is 4. The van der Waals surface area contributed by atoms with Crippen molar-refractivity contribution in [3.63, 3.8) is 0 Å². The highest BCUT2D eigenvalue weighted by Crippen LogP contribution is 2.11. The van der Waals surface area contributed by atoms with Crippen molar-refractivity contribution in [3.8, 4) is 6.07 Å². The van der Waals surface area contributed by atoms with Gasteiger partial charge >= 0.3 is 0 Å². The van der Waals surface area contributed by atoms with Crippen LogP contribution in [0.25, 0.3) is 0 Å². The van der Waals surface area contributed by atoms with Crippen LogP contribution in [0.5, 0.6) is 0 Å². The number of nitrogens with zero attached hydrogens (tertiary/aromatic N) is 1. The van der Waals surface area contributed by atoms with E-state index in [-0.39, 0.29) is 5.57 Å². The molecule has 0 heterocycles. The molecule has 6 heteroatoms. The number of anilines is 2. The van der Waals surface area contributed by atoms with Crippen LogP contribution in [0, 0.1) is 11.3 Å². The second-order valence-electron chi connectivity index (χ2n) is 5.15. The van der Waals surface area contributed by atoms with E-state index in [1.54, 1.807) is 24.3 Å². The molecule has 0 radical (unpaired) electrons. The standard InChI is InChI=1S/C18H19N5O/c19-9-13-2-1-3-14(8-13)11-22-12-15(10-20)18(24)23-17-6-4-16(21)5-7-17/h1-8,12,22H,9,11,19,21H2,(H,23,24)/b15-12-. The zero-order chi connectivity index (χ0) is 17.4. The van der Waals surface area contributed by atoms with E-state index in [0.29, 0.717) is 24.5 Å². The Kier molecular flexibility index (Phi) is 5.95. The minimum atomic E-state index is -0.481. The number of nitrogen functional groups attached to an aromatic ring is 1. The molecule has 0 spiro atoms. The fourth-order valence-electron chi connectivity index (χ4n) is 2.05. The Hall–Kier alpha value is -3.30. The van der Waals surface area contributed by atoms with Crippen molar-refractivity contribution in [1.29, 1.82) is 5.26 Å². The number of nitrogens with two attached hydrogens (primary N) is 2. The minimum absolute atomic E-state index is 0.0122. The Labute approximate surface area is 140 Å². The lowest BCUT2D eigenvalue weighted by Gasteiger charge is -2.06. The van der Waals surface area contributed by atoms with Gasteiger partial charge in [-0.05, 0) is 35.4 Å². The van der Waals surface area contributed by atoms with Gasteiger partial charge in [-0.2, -0.15) is 5.26 Å². The van der Waals surface area contributed by atoms with Crippen LogP contribution in [0.3, 0.4) is 0 Å². The quantitative estimate of drug-likeness (QED) is 0.368. The van der Waals surface area contributed by atoms with Crippen molar-refractivity contribution in [3.05, 3.63) is 71.4 Å². The predicted molar refractivity (Wildman–Crippen MR) is 94.4 cm³/mol. The van der Waals surface area contributed by atoms with Crippen molar-refractivity contribution in [2.75, 3.05) is 11.1 Å². The summed E-state index contributed by atoms with van der Waals surface area (Å²) in [4.78, 5) is 12.1. The summed E-state index contributed by atoms with van der Waals surface area (Å²) in [7, 11) is 0. The van der Waals surface area contributed by atoms with E-state index in [0.717, 1.165) is 11.1 Å². The highest BCUT2D eigenvalue weighted by Gasteiger charge is 2.09. The second kappa shape index (κ2) is 8.36. The van der Waals surface area contributed by atoms with E-state index >= 15 is 0 Å². The monoisotopic (exact) mass is 321 g/mol. The molecule has 0 aliphatic carbocycles.